The molecule has 1 aromatic heterocycles. The standard InChI is InChI=1S/C15H13ClFN3OS/c1-20(22-15-5-3-12(16)10-19-15)6-7-21-13-4-2-11(9-18)14(17)8-13/h2-5,8,10H,6-7H2,1H3. The van der Waals surface area contributed by atoms with E-state index in [0.29, 0.717) is 23.9 Å². The van der Waals surface area contributed by atoms with Gasteiger partial charge in [-0.15, -0.1) is 0 Å². The second-order valence-corrected chi connectivity index (χ2v) is 6.02. The molecule has 0 saturated heterocycles. The van der Waals surface area contributed by atoms with Crippen LogP contribution in [0.1, 0.15) is 5.56 Å². The number of halogens is 2. The molecule has 0 fully saturated rings. The van der Waals surface area contributed by atoms with Gasteiger partial charge in [0.15, 0.2) is 0 Å². The highest BCUT2D eigenvalue weighted by atomic mass is 35.5. The van der Waals surface area contributed by atoms with Crippen molar-refractivity contribution in [1.82, 2.24) is 9.29 Å². The van der Waals surface area contributed by atoms with Crippen molar-refractivity contribution in [3.8, 4) is 11.8 Å². The third-order valence-electron chi connectivity index (χ3n) is 2.69. The Morgan fingerprint density at radius 3 is 2.86 bits per heavy atom. The van der Waals surface area contributed by atoms with E-state index in [2.05, 4.69) is 4.98 Å². The summed E-state index contributed by atoms with van der Waals surface area (Å²) in [4.78, 5) is 4.18. The molecule has 0 aliphatic rings. The molecule has 0 aliphatic heterocycles. The van der Waals surface area contributed by atoms with E-state index in [1.807, 2.05) is 17.4 Å². The fraction of sp³-hybridized carbons (Fsp3) is 0.200. The molecule has 2 aromatic rings. The van der Waals surface area contributed by atoms with Crippen LogP contribution in [0.3, 0.4) is 0 Å². The van der Waals surface area contributed by atoms with Gasteiger partial charge in [-0.2, -0.15) is 5.26 Å². The number of hydrogen-bond acceptors (Lipinski definition) is 5. The highest BCUT2D eigenvalue weighted by Crippen LogP contribution is 2.20. The summed E-state index contributed by atoms with van der Waals surface area (Å²) in [5, 5.41) is 10.1. The largest absolute Gasteiger partial charge is 0.492 e. The SMILES string of the molecule is CN(CCOc1ccc(C#N)c(F)c1)Sc1ccc(Cl)cn1. The van der Waals surface area contributed by atoms with Crippen LogP contribution in [0.4, 0.5) is 4.39 Å². The molecule has 0 atom stereocenters. The number of ether oxygens (including phenoxy) is 1. The molecule has 1 aromatic carbocycles. The van der Waals surface area contributed by atoms with Crippen LogP contribution < -0.4 is 4.74 Å². The first-order valence-electron chi connectivity index (χ1n) is 6.41. The van der Waals surface area contributed by atoms with Gasteiger partial charge in [-0.3, -0.25) is 0 Å². The number of nitrogens with zero attached hydrogens (tertiary/aromatic N) is 3. The molecule has 0 bridgehead atoms. The fourth-order valence-corrected chi connectivity index (χ4v) is 2.42. The molecule has 0 saturated carbocycles. The Morgan fingerprint density at radius 1 is 1.41 bits per heavy atom. The van der Waals surface area contributed by atoms with Crippen molar-refractivity contribution in [3.05, 3.63) is 52.9 Å². The van der Waals surface area contributed by atoms with Gasteiger partial charge in [0.1, 0.15) is 29.3 Å². The van der Waals surface area contributed by atoms with E-state index < -0.39 is 5.82 Å². The maximum Gasteiger partial charge on any atom is 0.144 e. The van der Waals surface area contributed by atoms with Crippen LogP contribution in [0, 0.1) is 17.1 Å². The average molecular weight is 338 g/mol. The summed E-state index contributed by atoms with van der Waals surface area (Å²) < 4.78 is 20.8. The van der Waals surface area contributed by atoms with Gasteiger partial charge >= 0.3 is 0 Å². The third-order valence-corrected chi connectivity index (χ3v) is 3.83. The van der Waals surface area contributed by atoms with Gasteiger partial charge in [-0.25, -0.2) is 13.7 Å². The first kappa shape index (κ1) is 16.6. The van der Waals surface area contributed by atoms with Gasteiger partial charge in [0.2, 0.25) is 0 Å². The number of rotatable bonds is 6. The minimum Gasteiger partial charge on any atom is -0.492 e. The second-order valence-electron chi connectivity index (χ2n) is 4.36. The molecule has 0 spiro atoms. The molecule has 2 rings (SSSR count). The Bertz CT molecular complexity index is 675. The van der Waals surface area contributed by atoms with E-state index >= 15 is 0 Å². The number of pyridine rings is 1. The van der Waals surface area contributed by atoms with Crippen molar-refractivity contribution < 1.29 is 9.13 Å². The van der Waals surface area contributed by atoms with Crippen LogP contribution in [0.15, 0.2) is 41.6 Å². The van der Waals surface area contributed by atoms with Crippen molar-refractivity contribution in [2.45, 2.75) is 5.03 Å². The zero-order valence-corrected chi connectivity index (χ0v) is 13.4. The maximum atomic E-state index is 13.4. The summed E-state index contributed by atoms with van der Waals surface area (Å²) >= 11 is 7.24. The minimum atomic E-state index is -0.576. The lowest BCUT2D eigenvalue weighted by molar-refractivity contribution is 0.292. The third kappa shape index (κ3) is 4.88. The number of benzene rings is 1. The lowest BCUT2D eigenvalue weighted by Crippen LogP contribution is -2.17. The van der Waals surface area contributed by atoms with Crippen LogP contribution in [0.2, 0.25) is 5.02 Å². The topological polar surface area (TPSA) is 49.1 Å². The van der Waals surface area contributed by atoms with Gasteiger partial charge in [0.25, 0.3) is 0 Å². The van der Waals surface area contributed by atoms with E-state index in [4.69, 9.17) is 21.6 Å². The normalized spacial score (nSPS) is 10.5. The second kappa shape index (κ2) is 7.99. The Hall–Kier alpha value is -1.81. The van der Waals surface area contributed by atoms with E-state index in [1.54, 1.807) is 24.4 Å². The molecule has 0 N–H and O–H groups in total. The smallest absolute Gasteiger partial charge is 0.144 e. The van der Waals surface area contributed by atoms with E-state index in [-0.39, 0.29) is 5.56 Å². The van der Waals surface area contributed by atoms with Gasteiger partial charge in [0, 0.05) is 18.8 Å². The number of aromatic nitrogens is 1. The lowest BCUT2D eigenvalue weighted by Gasteiger charge is -2.15. The zero-order valence-electron chi connectivity index (χ0n) is 11.8. The number of likely N-dealkylation sites (N-methyl/N-ethyl adjacent to an activating group) is 1. The highest BCUT2D eigenvalue weighted by molar-refractivity contribution is 7.96. The summed E-state index contributed by atoms with van der Waals surface area (Å²) in [6.07, 6.45) is 1.59. The van der Waals surface area contributed by atoms with Gasteiger partial charge < -0.3 is 4.74 Å². The van der Waals surface area contributed by atoms with Crippen molar-refractivity contribution in [2.75, 3.05) is 20.2 Å². The van der Waals surface area contributed by atoms with Crippen LogP contribution in [-0.4, -0.2) is 29.5 Å². The van der Waals surface area contributed by atoms with Gasteiger partial charge in [0.05, 0.1) is 10.6 Å². The maximum absolute atomic E-state index is 13.4. The minimum absolute atomic E-state index is 0.00818. The predicted octanol–water partition coefficient (Wildman–Crippen LogP) is 3.76. The van der Waals surface area contributed by atoms with Crippen LogP contribution in [0.25, 0.3) is 0 Å². The summed E-state index contributed by atoms with van der Waals surface area (Å²) in [5.41, 5.74) is 0.00818. The fourth-order valence-electron chi connectivity index (χ4n) is 1.59. The molecule has 0 unspecified atom stereocenters. The molecule has 22 heavy (non-hydrogen) atoms. The summed E-state index contributed by atoms with van der Waals surface area (Å²) in [6.45, 7) is 1.01. The van der Waals surface area contributed by atoms with Gasteiger partial charge in [-0.05, 0) is 43.3 Å². The summed E-state index contributed by atoms with van der Waals surface area (Å²) in [6, 6.07) is 9.58. The predicted molar refractivity (Wildman–Crippen MR) is 84.3 cm³/mol. The lowest BCUT2D eigenvalue weighted by atomic mass is 10.2. The van der Waals surface area contributed by atoms with E-state index in [0.717, 1.165) is 5.03 Å². The Labute approximate surface area is 137 Å². The summed E-state index contributed by atoms with van der Waals surface area (Å²) in [7, 11) is 1.91. The van der Waals surface area contributed by atoms with Crippen LogP contribution >= 0.6 is 23.5 Å². The molecule has 0 aliphatic carbocycles. The molecule has 4 nitrogen and oxygen atoms in total. The highest BCUT2D eigenvalue weighted by Gasteiger charge is 2.06. The molecular weight excluding hydrogens is 325 g/mol. The van der Waals surface area contributed by atoms with Crippen molar-refractivity contribution in [1.29, 1.82) is 5.26 Å². The number of nitriles is 1. The Morgan fingerprint density at radius 2 is 2.23 bits per heavy atom. The van der Waals surface area contributed by atoms with Crippen LogP contribution in [0.5, 0.6) is 5.75 Å². The van der Waals surface area contributed by atoms with Crippen molar-refractivity contribution in [2.24, 2.45) is 0 Å². The number of hydrogen-bond donors (Lipinski definition) is 0. The van der Waals surface area contributed by atoms with Gasteiger partial charge in [-0.1, -0.05) is 11.6 Å². The Kier molecular flexibility index (Phi) is 6.01. The molecular formula is C15H13ClFN3OS. The first-order chi connectivity index (χ1) is 10.6. The molecule has 1 heterocycles. The quantitative estimate of drug-likeness (QED) is 0.751. The van der Waals surface area contributed by atoms with Crippen molar-refractivity contribution >= 4 is 23.5 Å². The van der Waals surface area contributed by atoms with Crippen LogP contribution in [-0.2, 0) is 0 Å². The Balaban J connectivity index is 1.79. The monoisotopic (exact) mass is 337 g/mol. The van der Waals surface area contributed by atoms with Crippen molar-refractivity contribution in [3.63, 3.8) is 0 Å². The molecule has 0 radical (unpaired) electrons. The molecule has 114 valence electrons. The average Bonchev–Trinajstić information content (AvgIpc) is 2.50. The van der Waals surface area contributed by atoms with E-state index in [1.165, 1.54) is 24.1 Å². The van der Waals surface area contributed by atoms with E-state index in [9.17, 15) is 4.39 Å². The first-order valence-corrected chi connectivity index (χ1v) is 7.57. The zero-order chi connectivity index (χ0) is 15.9. The summed E-state index contributed by atoms with van der Waals surface area (Å²) in [5.74, 6) is -0.174. The molecule has 0 amide bonds. The molecule has 7 heteroatoms.